The van der Waals surface area contributed by atoms with E-state index >= 15 is 0 Å². The molecule has 0 saturated carbocycles. The molecule has 0 saturated heterocycles. The quantitative estimate of drug-likeness (QED) is 0.732. The summed E-state index contributed by atoms with van der Waals surface area (Å²) >= 11 is 11.5. The predicted octanol–water partition coefficient (Wildman–Crippen LogP) is 3.64. The minimum atomic E-state index is 0.653. The number of imidazole rings is 1. The lowest BCUT2D eigenvalue weighted by atomic mass is 10.2. The molecule has 0 aliphatic heterocycles. The average molecular weight is 293 g/mol. The zero-order chi connectivity index (χ0) is 13.6. The molecule has 0 aliphatic carbocycles. The van der Waals surface area contributed by atoms with E-state index in [-0.39, 0.29) is 0 Å². The first-order valence-electron chi connectivity index (χ1n) is 6.03. The van der Waals surface area contributed by atoms with Crippen molar-refractivity contribution in [2.24, 2.45) is 7.05 Å². The van der Waals surface area contributed by atoms with Crippen LogP contribution >= 0.6 is 23.8 Å². The number of nitrogens with zero attached hydrogens (tertiary/aromatic N) is 3. The number of benzene rings is 1. The lowest BCUT2D eigenvalue weighted by Gasteiger charge is -2.03. The molecule has 3 aromatic rings. The molecule has 0 amide bonds. The highest BCUT2D eigenvalue weighted by atomic mass is 35.5. The summed E-state index contributed by atoms with van der Waals surface area (Å²) < 4.78 is 4.45. The molecule has 19 heavy (non-hydrogen) atoms. The zero-order valence-electron chi connectivity index (χ0n) is 10.6. The van der Waals surface area contributed by atoms with Crippen LogP contribution in [0.4, 0.5) is 0 Å². The van der Waals surface area contributed by atoms with Gasteiger partial charge in [-0.25, -0.2) is 0 Å². The number of aromatic nitrogens is 4. The molecular formula is C13H13ClN4S. The minimum absolute atomic E-state index is 0.653. The summed E-state index contributed by atoms with van der Waals surface area (Å²) in [6.07, 6.45) is 2.83. The van der Waals surface area contributed by atoms with Crippen LogP contribution in [-0.4, -0.2) is 19.3 Å². The second-order valence-corrected chi connectivity index (χ2v) is 5.24. The normalized spacial score (nSPS) is 11.3. The first-order chi connectivity index (χ1) is 9.10. The minimum Gasteiger partial charge on any atom is -0.330 e. The molecule has 0 spiro atoms. The van der Waals surface area contributed by atoms with E-state index in [2.05, 4.69) is 17.0 Å². The van der Waals surface area contributed by atoms with Gasteiger partial charge in [0.25, 0.3) is 0 Å². The predicted molar refractivity (Wildman–Crippen MR) is 79.6 cm³/mol. The topological polar surface area (TPSA) is 38.5 Å². The third-order valence-electron chi connectivity index (χ3n) is 3.10. The largest absolute Gasteiger partial charge is 0.330 e. The maximum Gasteiger partial charge on any atom is 0.182 e. The summed E-state index contributed by atoms with van der Waals surface area (Å²) in [5, 5.41) is 5.15. The van der Waals surface area contributed by atoms with Gasteiger partial charge < -0.3 is 4.98 Å². The Kier molecular flexibility index (Phi) is 2.95. The van der Waals surface area contributed by atoms with Crippen LogP contribution in [0.15, 0.2) is 24.4 Å². The highest BCUT2D eigenvalue weighted by molar-refractivity contribution is 7.71. The van der Waals surface area contributed by atoms with Crippen molar-refractivity contribution in [3.63, 3.8) is 0 Å². The van der Waals surface area contributed by atoms with E-state index in [1.807, 2.05) is 36.0 Å². The number of nitrogens with one attached hydrogen (secondary N) is 1. The van der Waals surface area contributed by atoms with Gasteiger partial charge in [0.2, 0.25) is 0 Å². The van der Waals surface area contributed by atoms with E-state index in [0.717, 1.165) is 28.8 Å². The number of hydrogen-bond donors (Lipinski definition) is 1. The van der Waals surface area contributed by atoms with Crippen LogP contribution in [-0.2, 0) is 13.5 Å². The van der Waals surface area contributed by atoms with Gasteiger partial charge >= 0.3 is 0 Å². The highest BCUT2D eigenvalue weighted by Crippen LogP contribution is 2.24. The Morgan fingerprint density at radius 1 is 1.42 bits per heavy atom. The van der Waals surface area contributed by atoms with E-state index in [0.29, 0.717) is 9.79 Å². The molecule has 0 aliphatic rings. The summed E-state index contributed by atoms with van der Waals surface area (Å²) in [6, 6.07) is 5.70. The Labute approximate surface area is 120 Å². The van der Waals surface area contributed by atoms with Crippen molar-refractivity contribution < 1.29 is 0 Å². The molecule has 0 radical (unpaired) electrons. The molecule has 1 aromatic carbocycles. The average Bonchev–Trinajstić information content (AvgIpc) is 2.88. The fraction of sp³-hybridized carbons (Fsp3) is 0.231. The molecule has 98 valence electrons. The summed E-state index contributed by atoms with van der Waals surface area (Å²) in [6.45, 7) is 2.08. The molecular weight excluding hydrogens is 280 g/mol. The Bertz CT molecular complexity index is 812. The van der Waals surface area contributed by atoms with Crippen LogP contribution in [0.2, 0.25) is 5.02 Å². The van der Waals surface area contributed by atoms with Gasteiger partial charge in [0.1, 0.15) is 0 Å². The Hall–Kier alpha value is -1.59. The molecule has 1 N–H and O–H groups in total. The van der Waals surface area contributed by atoms with Crippen molar-refractivity contribution in [2.45, 2.75) is 13.3 Å². The summed E-state index contributed by atoms with van der Waals surface area (Å²) in [7, 11) is 1.91. The number of H-pyrrole nitrogens is 1. The Balaban J connectivity index is 2.38. The summed E-state index contributed by atoms with van der Waals surface area (Å²) in [4.78, 5) is 3.20. The molecule has 4 nitrogen and oxygen atoms in total. The second kappa shape index (κ2) is 4.51. The Morgan fingerprint density at radius 2 is 2.21 bits per heavy atom. The number of aryl methyl sites for hydroxylation is 2. The standard InChI is InChI=1S/C13H13ClN4S/c1-3-9-12(7-17(2)16-9)18-11-6-8(14)4-5-10(11)15-13(18)19/h4-7H,3H2,1-2H3,(H,15,19). The Morgan fingerprint density at radius 3 is 2.95 bits per heavy atom. The molecule has 2 aromatic heterocycles. The van der Waals surface area contributed by atoms with Crippen LogP contribution in [0.5, 0.6) is 0 Å². The fourth-order valence-corrected chi connectivity index (χ4v) is 2.75. The lowest BCUT2D eigenvalue weighted by Crippen LogP contribution is -1.96. The van der Waals surface area contributed by atoms with E-state index < -0.39 is 0 Å². The van der Waals surface area contributed by atoms with Crippen LogP contribution in [0.3, 0.4) is 0 Å². The van der Waals surface area contributed by atoms with Gasteiger partial charge in [0, 0.05) is 18.3 Å². The van der Waals surface area contributed by atoms with Gasteiger partial charge in [-0.2, -0.15) is 5.10 Å². The van der Waals surface area contributed by atoms with Gasteiger partial charge in [-0.3, -0.25) is 9.25 Å². The van der Waals surface area contributed by atoms with Crippen LogP contribution in [0, 0.1) is 4.77 Å². The zero-order valence-corrected chi connectivity index (χ0v) is 12.2. The van der Waals surface area contributed by atoms with Crippen molar-refractivity contribution in [2.75, 3.05) is 0 Å². The SMILES string of the molecule is CCc1nn(C)cc1-n1c(=S)[nH]c2ccc(Cl)cc21. The van der Waals surface area contributed by atoms with Gasteiger partial charge in [0.05, 0.1) is 22.4 Å². The van der Waals surface area contributed by atoms with E-state index in [9.17, 15) is 0 Å². The number of rotatable bonds is 2. The first kappa shape index (κ1) is 12.4. The van der Waals surface area contributed by atoms with Crippen molar-refractivity contribution in [3.8, 4) is 5.69 Å². The first-order valence-corrected chi connectivity index (χ1v) is 6.82. The number of halogens is 1. The molecule has 0 unspecified atom stereocenters. The monoisotopic (exact) mass is 292 g/mol. The molecule has 0 fully saturated rings. The highest BCUT2D eigenvalue weighted by Gasteiger charge is 2.13. The van der Waals surface area contributed by atoms with Crippen LogP contribution in [0.25, 0.3) is 16.7 Å². The summed E-state index contributed by atoms with van der Waals surface area (Å²) in [5.41, 5.74) is 3.96. The molecule has 0 atom stereocenters. The number of hydrogen-bond acceptors (Lipinski definition) is 2. The fourth-order valence-electron chi connectivity index (χ4n) is 2.28. The molecule has 6 heteroatoms. The van der Waals surface area contributed by atoms with Crippen molar-refractivity contribution >= 4 is 34.9 Å². The molecule has 3 rings (SSSR count). The van der Waals surface area contributed by atoms with E-state index in [1.54, 1.807) is 4.68 Å². The van der Waals surface area contributed by atoms with Gasteiger partial charge in [-0.05, 0) is 36.8 Å². The smallest absolute Gasteiger partial charge is 0.182 e. The number of fused-ring (bicyclic) bond motifs is 1. The van der Waals surface area contributed by atoms with Gasteiger partial charge in [0.15, 0.2) is 4.77 Å². The maximum atomic E-state index is 6.08. The van der Waals surface area contributed by atoms with Crippen molar-refractivity contribution in [3.05, 3.63) is 39.9 Å². The third-order valence-corrected chi connectivity index (χ3v) is 3.62. The lowest BCUT2D eigenvalue weighted by molar-refractivity contribution is 0.746. The molecule has 2 heterocycles. The molecule has 0 bridgehead atoms. The van der Waals surface area contributed by atoms with E-state index in [4.69, 9.17) is 23.8 Å². The van der Waals surface area contributed by atoms with E-state index in [1.165, 1.54) is 0 Å². The summed E-state index contributed by atoms with van der Waals surface area (Å²) in [5.74, 6) is 0. The third kappa shape index (κ3) is 1.99. The van der Waals surface area contributed by atoms with Crippen molar-refractivity contribution in [1.29, 1.82) is 0 Å². The number of aromatic amines is 1. The van der Waals surface area contributed by atoms with Gasteiger partial charge in [-0.1, -0.05) is 18.5 Å². The van der Waals surface area contributed by atoms with Gasteiger partial charge in [-0.15, -0.1) is 0 Å². The second-order valence-electron chi connectivity index (χ2n) is 4.42. The van der Waals surface area contributed by atoms with Crippen LogP contribution < -0.4 is 0 Å². The van der Waals surface area contributed by atoms with Crippen LogP contribution in [0.1, 0.15) is 12.6 Å². The van der Waals surface area contributed by atoms with Crippen molar-refractivity contribution in [1.82, 2.24) is 19.3 Å². The maximum absolute atomic E-state index is 6.08.